The van der Waals surface area contributed by atoms with Gasteiger partial charge in [0, 0.05) is 0 Å². The summed E-state index contributed by atoms with van der Waals surface area (Å²) >= 11 is 5.68. The Morgan fingerprint density at radius 3 is 2.43 bits per heavy atom. The van der Waals surface area contributed by atoms with Crippen LogP contribution in [0.2, 0.25) is 5.15 Å². The second-order valence-electron chi connectivity index (χ2n) is 6.40. The van der Waals surface area contributed by atoms with Crippen LogP contribution in [0.25, 0.3) is 0 Å². The fourth-order valence-corrected chi connectivity index (χ4v) is 2.17. The van der Waals surface area contributed by atoms with Crippen molar-refractivity contribution < 1.29 is 27.5 Å². The minimum Gasteiger partial charge on any atom is -0.442 e. The molecular formula is C16H13ClF3N5O3. The van der Waals surface area contributed by atoms with Gasteiger partial charge in [-0.25, -0.2) is 9.78 Å². The summed E-state index contributed by atoms with van der Waals surface area (Å²) in [5.41, 5.74) is -2.71. The highest BCUT2D eigenvalue weighted by molar-refractivity contribution is 6.33. The van der Waals surface area contributed by atoms with E-state index in [1.165, 1.54) is 0 Å². The van der Waals surface area contributed by atoms with Gasteiger partial charge in [0.25, 0.3) is 5.91 Å². The Hall–Kier alpha value is -3.13. The highest BCUT2D eigenvalue weighted by Gasteiger charge is 2.33. The number of pyridine rings is 1. The van der Waals surface area contributed by atoms with E-state index in [0.717, 1.165) is 12.3 Å². The molecule has 1 N–H and O–H groups in total. The van der Waals surface area contributed by atoms with Crippen molar-refractivity contribution in [1.29, 1.82) is 5.26 Å². The van der Waals surface area contributed by atoms with Crippen molar-refractivity contribution >= 4 is 29.4 Å². The number of anilines is 1. The smallest absolute Gasteiger partial charge is 0.437 e. The van der Waals surface area contributed by atoms with Crippen LogP contribution in [0, 0.1) is 11.3 Å². The molecule has 0 atom stereocenters. The minimum atomic E-state index is -4.73. The Morgan fingerprint density at radius 1 is 1.29 bits per heavy atom. The van der Waals surface area contributed by atoms with Crippen LogP contribution in [-0.2, 0) is 10.9 Å². The molecule has 28 heavy (non-hydrogen) atoms. The lowest BCUT2D eigenvalue weighted by atomic mass is 10.2. The van der Waals surface area contributed by atoms with Crippen LogP contribution in [0.15, 0.2) is 18.3 Å². The fourth-order valence-electron chi connectivity index (χ4n) is 1.93. The van der Waals surface area contributed by atoms with Crippen molar-refractivity contribution in [2.45, 2.75) is 32.5 Å². The van der Waals surface area contributed by atoms with Gasteiger partial charge in [-0.3, -0.25) is 4.79 Å². The van der Waals surface area contributed by atoms with Gasteiger partial charge in [-0.1, -0.05) is 11.6 Å². The molecule has 0 aromatic carbocycles. The first-order chi connectivity index (χ1) is 12.8. The quantitative estimate of drug-likeness (QED) is 0.746. The lowest BCUT2D eigenvalue weighted by Gasteiger charge is -2.19. The summed E-state index contributed by atoms with van der Waals surface area (Å²) in [6, 6.07) is 3.14. The van der Waals surface area contributed by atoms with Crippen molar-refractivity contribution in [3.8, 4) is 6.07 Å². The number of nitrogens with zero attached hydrogens (tertiary/aromatic N) is 4. The summed E-state index contributed by atoms with van der Waals surface area (Å²) in [4.78, 5) is 27.8. The molecule has 12 heteroatoms. The third-order valence-corrected chi connectivity index (χ3v) is 3.36. The number of rotatable bonds is 2. The van der Waals surface area contributed by atoms with Gasteiger partial charge >= 0.3 is 12.3 Å². The molecule has 8 nitrogen and oxygen atoms in total. The Kier molecular flexibility index (Phi) is 5.65. The summed E-state index contributed by atoms with van der Waals surface area (Å²) in [7, 11) is 0. The number of hydrogen-bond acceptors (Lipinski definition) is 6. The zero-order valence-electron chi connectivity index (χ0n) is 14.8. The average molecular weight is 416 g/mol. The van der Waals surface area contributed by atoms with Crippen LogP contribution >= 0.6 is 11.6 Å². The summed E-state index contributed by atoms with van der Waals surface area (Å²) in [6.07, 6.45) is -4.69. The van der Waals surface area contributed by atoms with Gasteiger partial charge in [0.2, 0.25) is 0 Å². The molecular weight excluding hydrogens is 403 g/mol. The molecule has 148 valence electrons. The summed E-state index contributed by atoms with van der Waals surface area (Å²) in [5, 5.41) is 14.4. The molecule has 1 amide bonds. The van der Waals surface area contributed by atoms with Gasteiger partial charge in [-0.05, 0) is 32.9 Å². The van der Waals surface area contributed by atoms with Crippen molar-refractivity contribution in [2.75, 3.05) is 5.32 Å². The fraction of sp³-hybridized carbons (Fsp3) is 0.312. The number of aromatic nitrogens is 3. The molecule has 0 saturated carbocycles. The van der Waals surface area contributed by atoms with E-state index in [-0.39, 0.29) is 11.4 Å². The van der Waals surface area contributed by atoms with Gasteiger partial charge in [-0.15, -0.1) is 4.68 Å². The van der Waals surface area contributed by atoms with Gasteiger partial charge in [0.1, 0.15) is 28.1 Å². The largest absolute Gasteiger partial charge is 0.442 e. The zero-order valence-corrected chi connectivity index (χ0v) is 15.5. The van der Waals surface area contributed by atoms with E-state index in [4.69, 9.17) is 21.6 Å². The second-order valence-corrected chi connectivity index (χ2v) is 6.76. The third kappa shape index (κ3) is 4.77. The minimum absolute atomic E-state index is 0.171. The van der Waals surface area contributed by atoms with E-state index < -0.39 is 40.2 Å². The van der Waals surface area contributed by atoms with E-state index in [0.29, 0.717) is 10.7 Å². The van der Waals surface area contributed by atoms with Gasteiger partial charge in [0.15, 0.2) is 5.82 Å². The van der Waals surface area contributed by atoms with Gasteiger partial charge in [-0.2, -0.15) is 23.5 Å². The molecule has 2 heterocycles. The van der Waals surface area contributed by atoms with E-state index in [1.54, 1.807) is 26.8 Å². The normalized spacial score (nSPS) is 11.6. The molecule has 2 rings (SSSR count). The van der Waals surface area contributed by atoms with Crippen LogP contribution in [0.1, 0.15) is 42.4 Å². The predicted molar refractivity (Wildman–Crippen MR) is 90.8 cm³/mol. The Morgan fingerprint density at radius 2 is 1.93 bits per heavy atom. The number of halogens is 4. The first-order valence-electron chi connectivity index (χ1n) is 7.60. The molecule has 0 fully saturated rings. The monoisotopic (exact) mass is 415 g/mol. The topological polar surface area (TPSA) is 110 Å². The van der Waals surface area contributed by atoms with E-state index in [1.807, 2.05) is 0 Å². The average Bonchev–Trinajstić information content (AvgIpc) is 2.94. The molecule has 0 aliphatic heterocycles. The van der Waals surface area contributed by atoms with E-state index in [2.05, 4.69) is 15.4 Å². The van der Waals surface area contributed by atoms with E-state index in [9.17, 15) is 22.8 Å². The Balaban J connectivity index is 2.36. The van der Waals surface area contributed by atoms with E-state index >= 15 is 0 Å². The standard InChI is InChI=1S/C16H13ClF3N5O3/c1-15(2,3)28-14(27)25-12(8(6-21)7-22-25)24-13(26)9-4-5-10(16(18,19)20)23-11(9)17/h4-5,7H,1-3H3,(H,24,26). The molecule has 0 bridgehead atoms. The maximum Gasteiger partial charge on any atom is 0.437 e. The molecule has 0 saturated heterocycles. The summed E-state index contributed by atoms with van der Waals surface area (Å²) < 4.78 is 43.8. The van der Waals surface area contributed by atoms with Crippen molar-refractivity contribution in [1.82, 2.24) is 14.8 Å². The summed E-state index contributed by atoms with van der Waals surface area (Å²) in [5.74, 6) is -1.31. The number of amides is 1. The van der Waals surface area contributed by atoms with Crippen LogP contribution in [0.4, 0.5) is 23.8 Å². The first-order valence-corrected chi connectivity index (χ1v) is 7.98. The number of nitriles is 1. The van der Waals surface area contributed by atoms with Gasteiger partial charge in [0.05, 0.1) is 11.8 Å². The van der Waals surface area contributed by atoms with Crippen LogP contribution in [-0.4, -0.2) is 32.4 Å². The molecule has 2 aromatic rings. The number of carbonyl (C=O) groups is 2. The molecule has 2 aromatic heterocycles. The molecule has 0 radical (unpaired) electrons. The Labute approximate surface area is 161 Å². The zero-order chi connectivity index (χ0) is 21.3. The summed E-state index contributed by atoms with van der Waals surface area (Å²) in [6.45, 7) is 4.81. The lowest BCUT2D eigenvalue weighted by Crippen LogP contribution is -2.29. The number of carbonyl (C=O) groups excluding carboxylic acids is 2. The maximum absolute atomic E-state index is 12.7. The number of ether oxygens (including phenoxy) is 1. The highest BCUT2D eigenvalue weighted by atomic mass is 35.5. The van der Waals surface area contributed by atoms with Crippen LogP contribution in [0.5, 0.6) is 0 Å². The van der Waals surface area contributed by atoms with Gasteiger partial charge < -0.3 is 10.1 Å². The second kappa shape index (κ2) is 7.47. The van der Waals surface area contributed by atoms with Crippen LogP contribution in [0.3, 0.4) is 0 Å². The third-order valence-electron chi connectivity index (χ3n) is 3.07. The van der Waals surface area contributed by atoms with Crippen molar-refractivity contribution in [2.24, 2.45) is 0 Å². The Bertz CT molecular complexity index is 973. The molecule has 0 aliphatic carbocycles. The molecule has 0 unspecified atom stereocenters. The predicted octanol–water partition coefficient (Wildman–Crippen LogP) is 3.86. The lowest BCUT2D eigenvalue weighted by molar-refractivity contribution is -0.141. The molecule has 0 aliphatic rings. The molecule has 0 spiro atoms. The van der Waals surface area contributed by atoms with Crippen molar-refractivity contribution in [3.63, 3.8) is 0 Å². The van der Waals surface area contributed by atoms with Crippen molar-refractivity contribution in [3.05, 3.63) is 40.3 Å². The number of nitrogens with one attached hydrogen (secondary N) is 1. The number of hydrogen-bond donors (Lipinski definition) is 1. The maximum atomic E-state index is 12.7. The number of alkyl halides is 3. The highest BCUT2D eigenvalue weighted by Crippen LogP contribution is 2.29. The SMILES string of the molecule is CC(C)(C)OC(=O)n1ncc(C#N)c1NC(=O)c1ccc(C(F)(F)F)nc1Cl. The first kappa shape index (κ1) is 21.2. The van der Waals surface area contributed by atoms with Crippen LogP contribution < -0.4 is 5.32 Å².